The molecule has 1 aliphatic heterocycles. The zero-order valence-electron chi connectivity index (χ0n) is 13.4. The number of ether oxygens (including phenoxy) is 1. The van der Waals surface area contributed by atoms with E-state index in [2.05, 4.69) is 40.8 Å². The quantitative estimate of drug-likeness (QED) is 0.725. The number of esters is 1. The number of rotatable bonds is 7. The first kappa shape index (κ1) is 16.0. The van der Waals surface area contributed by atoms with Crippen LogP contribution in [0.2, 0.25) is 0 Å². The Bertz CT molecular complexity index is 454. The molecule has 118 valence electrons. The van der Waals surface area contributed by atoms with Gasteiger partial charge < -0.3 is 4.74 Å². The van der Waals surface area contributed by atoms with Crippen molar-refractivity contribution in [3.05, 3.63) is 18.0 Å². The standard InChI is InChI=1S/C16H27N3O2/c1-4-14(5-2)19-11-9-13(17-19)12-18-10-7-8-15(18)16(20)21-6-3/h9,11,14-15H,4-8,10,12H2,1-3H3. The minimum Gasteiger partial charge on any atom is -0.465 e. The molecule has 1 aromatic heterocycles. The molecule has 0 N–H and O–H groups in total. The highest BCUT2D eigenvalue weighted by Gasteiger charge is 2.32. The van der Waals surface area contributed by atoms with Crippen molar-refractivity contribution in [1.82, 2.24) is 14.7 Å². The molecule has 1 atom stereocenters. The maximum Gasteiger partial charge on any atom is 0.323 e. The van der Waals surface area contributed by atoms with Crippen molar-refractivity contribution < 1.29 is 9.53 Å². The fourth-order valence-electron chi connectivity index (χ4n) is 3.06. The summed E-state index contributed by atoms with van der Waals surface area (Å²) >= 11 is 0. The SMILES string of the molecule is CCOC(=O)C1CCCN1Cc1ccn(C(CC)CC)n1. The topological polar surface area (TPSA) is 47.4 Å². The van der Waals surface area contributed by atoms with Crippen molar-refractivity contribution in [1.29, 1.82) is 0 Å². The van der Waals surface area contributed by atoms with Crippen LogP contribution in [0.3, 0.4) is 0 Å². The van der Waals surface area contributed by atoms with Crippen LogP contribution in [0.4, 0.5) is 0 Å². The molecule has 0 amide bonds. The summed E-state index contributed by atoms with van der Waals surface area (Å²) in [5.41, 5.74) is 1.04. The minimum absolute atomic E-state index is 0.0885. The summed E-state index contributed by atoms with van der Waals surface area (Å²) in [4.78, 5) is 14.2. The lowest BCUT2D eigenvalue weighted by Gasteiger charge is -2.21. The number of aromatic nitrogens is 2. The van der Waals surface area contributed by atoms with E-state index in [4.69, 9.17) is 4.74 Å². The Morgan fingerprint density at radius 1 is 1.43 bits per heavy atom. The maximum absolute atomic E-state index is 12.0. The van der Waals surface area contributed by atoms with Gasteiger partial charge in [0.25, 0.3) is 0 Å². The van der Waals surface area contributed by atoms with Crippen molar-refractivity contribution >= 4 is 5.97 Å². The van der Waals surface area contributed by atoms with Gasteiger partial charge >= 0.3 is 5.97 Å². The third-order valence-corrected chi connectivity index (χ3v) is 4.27. The molecule has 21 heavy (non-hydrogen) atoms. The molecule has 1 aromatic rings. The van der Waals surface area contributed by atoms with Crippen molar-refractivity contribution in [3.63, 3.8) is 0 Å². The van der Waals surface area contributed by atoms with Crippen LogP contribution in [0.15, 0.2) is 12.3 Å². The van der Waals surface area contributed by atoms with Crippen LogP contribution in [0.25, 0.3) is 0 Å². The van der Waals surface area contributed by atoms with Crippen molar-refractivity contribution in [2.75, 3.05) is 13.2 Å². The van der Waals surface area contributed by atoms with E-state index >= 15 is 0 Å². The Hall–Kier alpha value is -1.36. The summed E-state index contributed by atoms with van der Waals surface area (Å²) in [5, 5.41) is 4.68. The Balaban J connectivity index is 1.99. The molecule has 0 saturated carbocycles. The smallest absolute Gasteiger partial charge is 0.323 e. The molecule has 1 aliphatic rings. The predicted molar refractivity (Wildman–Crippen MR) is 81.9 cm³/mol. The first-order chi connectivity index (χ1) is 10.2. The Kier molecular flexibility index (Phi) is 5.79. The van der Waals surface area contributed by atoms with Gasteiger partial charge in [-0.2, -0.15) is 5.10 Å². The van der Waals surface area contributed by atoms with Gasteiger partial charge in [-0.3, -0.25) is 14.4 Å². The second-order valence-electron chi connectivity index (χ2n) is 5.64. The van der Waals surface area contributed by atoms with E-state index in [9.17, 15) is 4.79 Å². The molecular formula is C16H27N3O2. The molecule has 0 bridgehead atoms. The third-order valence-electron chi connectivity index (χ3n) is 4.27. The van der Waals surface area contributed by atoms with E-state index in [1.54, 1.807) is 0 Å². The van der Waals surface area contributed by atoms with Gasteiger partial charge in [0.1, 0.15) is 6.04 Å². The van der Waals surface area contributed by atoms with Crippen LogP contribution in [0.5, 0.6) is 0 Å². The molecule has 1 unspecified atom stereocenters. The second-order valence-corrected chi connectivity index (χ2v) is 5.64. The van der Waals surface area contributed by atoms with Crippen LogP contribution in [-0.4, -0.2) is 39.8 Å². The van der Waals surface area contributed by atoms with Gasteiger partial charge in [-0.05, 0) is 45.2 Å². The lowest BCUT2D eigenvalue weighted by molar-refractivity contribution is -0.148. The van der Waals surface area contributed by atoms with Gasteiger partial charge in [-0.25, -0.2) is 0 Å². The monoisotopic (exact) mass is 293 g/mol. The van der Waals surface area contributed by atoms with Crippen LogP contribution in [-0.2, 0) is 16.1 Å². The normalized spacial score (nSPS) is 19.3. The highest BCUT2D eigenvalue weighted by Crippen LogP contribution is 2.21. The van der Waals surface area contributed by atoms with Crippen LogP contribution >= 0.6 is 0 Å². The summed E-state index contributed by atoms with van der Waals surface area (Å²) in [6, 6.07) is 2.44. The summed E-state index contributed by atoms with van der Waals surface area (Å²) in [6.45, 7) is 8.36. The van der Waals surface area contributed by atoms with Crippen LogP contribution < -0.4 is 0 Å². The molecule has 1 fully saturated rings. The fourth-order valence-corrected chi connectivity index (χ4v) is 3.06. The van der Waals surface area contributed by atoms with Gasteiger partial charge in [-0.1, -0.05) is 13.8 Å². The largest absolute Gasteiger partial charge is 0.465 e. The average Bonchev–Trinajstić information content (AvgIpc) is 3.11. The molecule has 0 aromatic carbocycles. The molecule has 2 heterocycles. The molecule has 1 saturated heterocycles. The number of nitrogens with zero attached hydrogens (tertiary/aromatic N) is 3. The fraction of sp³-hybridized carbons (Fsp3) is 0.750. The molecule has 5 nitrogen and oxygen atoms in total. The Morgan fingerprint density at radius 3 is 2.86 bits per heavy atom. The van der Waals surface area contributed by atoms with E-state index in [-0.39, 0.29) is 12.0 Å². The zero-order valence-corrected chi connectivity index (χ0v) is 13.4. The number of hydrogen-bond acceptors (Lipinski definition) is 4. The molecule has 0 spiro atoms. The van der Waals surface area contributed by atoms with Gasteiger partial charge in [0.15, 0.2) is 0 Å². The second kappa shape index (κ2) is 7.59. The summed E-state index contributed by atoms with van der Waals surface area (Å²) in [7, 11) is 0. The summed E-state index contributed by atoms with van der Waals surface area (Å²) in [6.07, 6.45) is 6.19. The highest BCUT2D eigenvalue weighted by molar-refractivity contribution is 5.76. The van der Waals surface area contributed by atoms with Crippen LogP contribution in [0.1, 0.15) is 58.2 Å². The van der Waals surface area contributed by atoms with Crippen molar-refractivity contribution in [2.24, 2.45) is 0 Å². The van der Waals surface area contributed by atoms with Crippen molar-refractivity contribution in [3.8, 4) is 0 Å². The van der Waals surface area contributed by atoms with Gasteiger partial charge in [0.2, 0.25) is 0 Å². The van der Waals surface area contributed by atoms with E-state index in [1.165, 1.54) is 0 Å². The predicted octanol–water partition coefficient (Wildman–Crippen LogP) is 2.77. The third kappa shape index (κ3) is 3.84. The van der Waals surface area contributed by atoms with E-state index in [1.807, 2.05) is 6.92 Å². The molecule has 0 radical (unpaired) electrons. The van der Waals surface area contributed by atoms with Crippen molar-refractivity contribution in [2.45, 2.75) is 65.1 Å². The van der Waals surface area contributed by atoms with E-state index in [0.29, 0.717) is 12.6 Å². The lowest BCUT2D eigenvalue weighted by Crippen LogP contribution is -2.37. The molecular weight excluding hydrogens is 266 g/mol. The first-order valence-electron chi connectivity index (χ1n) is 8.14. The molecule has 2 rings (SSSR count). The minimum atomic E-state index is -0.0942. The average molecular weight is 293 g/mol. The highest BCUT2D eigenvalue weighted by atomic mass is 16.5. The van der Waals surface area contributed by atoms with Gasteiger partial charge in [-0.15, -0.1) is 0 Å². The number of likely N-dealkylation sites (tertiary alicyclic amines) is 1. The van der Waals surface area contributed by atoms with E-state index in [0.717, 1.165) is 44.5 Å². The van der Waals surface area contributed by atoms with E-state index < -0.39 is 0 Å². The maximum atomic E-state index is 12.0. The lowest BCUT2D eigenvalue weighted by atomic mass is 10.2. The summed E-state index contributed by atoms with van der Waals surface area (Å²) in [5.74, 6) is -0.0885. The van der Waals surface area contributed by atoms with Gasteiger partial charge in [0, 0.05) is 12.7 Å². The number of hydrogen-bond donors (Lipinski definition) is 0. The first-order valence-corrected chi connectivity index (χ1v) is 8.14. The Labute approximate surface area is 127 Å². The number of carbonyl (C=O) groups is 1. The molecule has 5 heteroatoms. The zero-order chi connectivity index (χ0) is 15.2. The molecule has 0 aliphatic carbocycles. The van der Waals surface area contributed by atoms with Crippen LogP contribution in [0, 0.1) is 0 Å². The number of carbonyl (C=O) groups excluding carboxylic acids is 1. The summed E-state index contributed by atoms with van der Waals surface area (Å²) < 4.78 is 7.23. The Morgan fingerprint density at radius 2 is 2.19 bits per heavy atom. The van der Waals surface area contributed by atoms with Gasteiger partial charge in [0.05, 0.1) is 18.3 Å².